The number of carbonyl (C=O) groups excluding carboxylic acids is 2. The van der Waals surface area contributed by atoms with E-state index in [9.17, 15) is 9.59 Å². The molecular formula is C27H31N5O2. The number of pyridine rings is 1. The predicted molar refractivity (Wildman–Crippen MR) is 135 cm³/mol. The van der Waals surface area contributed by atoms with E-state index >= 15 is 0 Å². The average Bonchev–Trinajstić information content (AvgIpc) is 2.86. The number of benzene rings is 2. The Morgan fingerprint density at radius 2 is 1.79 bits per heavy atom. The van der Waals surface area contributed by atoms with E-state index in [-0.39, 0.29) is 18.4 Å². The quantitative estimate of drug-likeness (QED) is 0.454. The van der Waals surface area contributed by atoms with E-state index in [0.717, 1.165) is 48.6 Å². The largest absolute Gasteiger partial charge is 0.359 e. The molecular weight excluding hydrogens is 426 g/mol. The number of nitrogens with zero attached hydrogens (tertiary/aromatic N) is 3. The Bertz CT molecular complexity index is 1100. The summed E-state index contributed by atoms with van der Waals surface area (Å²) in [6, 6.07) is 21.3. The van der Waals surface area contributed by atoms with Gasteiger partial charge in [0.25, 0.3) is 5.91 Å². The van der Waals surface area contributed by atoms with Crippen molar-refractivity contribution in [3.05, 3.63) is 89.6 Å². The molecule has 0 spiro atoms. The lowest BCUT2D eigenvalue weighted by atomic mass is 10.1. The molecule has 7 nitrogen and oxygen atoms in total. The van der Waals surface area contributed by atoms with E-state index in [1.54, 1.807) is 0 Å². The van der Waals surface area contributed by atoms with Gasteiger partial charge in [-0.3, -0.25) is 9.59 Å². The summed E-state index contributed by atoms with van der Waals surface area (Å²) in [5.74, 6) is 0.759. The fourth-order valence-corrected chi connectivity index (χ4v) is 4.04. The third kappa shape index (κ3) is 6.20. The fourth-order valence-electron chi connectivity index (χ4n) is 4.04. The second-order valence-corrected chi connectivity index (χ2v) is 8.60. The standard InChI is InChI=1S/C27H31N5O2/c1-31(15-9-8-14-28-27(34)23-12-6-3-7-13-23)19-22-16-24-26(29-17-22)30-18-25(33)32(24)20-21-10-4-2-5-11-21/h2-7,10-13,16-17H,8-9,14-15,18-20H2,1H3,(H,28,34)(H,29,30). The van der Waals surface area contributed by atoms with Crippen molar-refractivity contribution in [3.8, 4) is 0 Å². The molecule has 4 rings (SSSR count). The molecule has 34 heavy (non-hydrogen) atoms. The summed E-state index contributed by atoms with van der Waals surface area (Å²) in [6.07, 6.45) is 3.76. The van der Waals surface area contributed by atoms with Crippen LogP contribution in [-0.4, -0.2) is 48.4 Å². The van der Waals surface area contributed by atoms with Gasteiger partial charge in [0.05, 0.1) is 18.8 Å². The highest BCUT2D eigenvalue weighted by Crippen LogP contribution is 2.30. The number of fused-ring (bicyclic) bond motifs is 1. The van der Waals surface area contributed by atoms with Crippen LogP contribution in [0.15, 0.2) is 72.9 Å². The normalized spacial score (nSPS) is 12.9. The molecule has 1 aromatic heterocycles. The van der Waals surface area contributed by atoms with Crippen LogP contribution in [0.5, 0.6) is 0 Å². The summed E-state index contributed by atoms with van der Waals surface area (Å²) in [4.78, 5) is 33.4. The minimum Gasteiger partial charge on any atom is -0.359 e. The van der Waals surface area contributed by atoms with Crippen molar-refractivity contribution in [1.82, 2.24) is 15.2 Å². The summed E-state index contributed by atoms with van der Waals surface area (Å²) >= 11 is 0. The van der Waals surface area contributed by atoms with E-state index in [2.05, 4.69) is 33.6 Å². The topological polar surface area (TPSA) is 77.6 Å². The van der Waals surface area contributed by atoms with Crippen LogP contribution in [-0.2, 0) is 17.9 Å². The van der Waals surface area contributed by atoms with Gasteiger partial charge >= 0.3 is 0 Å². The van der Waals surface area contributed by atoms with Gasteiger partial charge < -0.3 is 20.4 Å². The van der Waals surface area contributed by atoms with Gasteiger partial charge in [0.2, 0.25) is 5.91 Å². The molecule has 176 valence electrons. The predicted octanol–water partition coefficient (Wildman–Crippen LogP) is 3.68. The van der Waals surface area contributed by atoms with Gasteiger partial charge in [0.15, 0.2) is 0 Å². The number of anilines is 2. The van der Waals surface area contributed by atoms with E-state index in [1.807, 2.05) is 71.8 Å². The van der Waals surface area contributed by atoms with Crippen LogP contribution in [0.3, 0.4) is 0 Å². The second-order valence-electron chi connectivity index (χ2n) is 8.60. The molecule has 1 aliphatic rings. The maximum atomic E-state index is 12.6. The molecule has 2 aromatic carbocycles. The van der Waals surface area contributed by atoms with Crippen LogP contribution in [0.2, 0.25) is 0 Å². The van der Waals surface area contributed by atoms with Gasteiger partial charge in [-0.15, -0.1) is 0 Å². The van der Waals surface area contributed by atoms with Crippen LogP contribution in [0.4, 0.5) is 11.5 Å². The lowest BCUT2D eigenvalue weighted by Gasteiger charge is -2.30. The third-order valence-electron chi connectivity index (χ3n) is 5.85. The molecule has 7 heteroatoms. The first-order chi connectivity index (χ1) is 16.6. The van der Waals surface area contributed by atoms with Gasteiger partial charge in [0, 0.05) is 24.8 Å². The number of unbranched alkanes of at least 4 members (excludes halogenated alkanes) is 1. The number of hydrogen-bond acceptors (Lipinski definition) is 5. The Morgan fingerprint density at radius 3 is 2.56 bits per heavy atom. The monoisotopic (exact) mass is 457 g/mol. The molecule has 0 aliphatic carbocycles. The number of rotatable bonds is 10. The van der Waals surface area contributed by atoms with Crippen molar-refractivity contribution in [2.75, 3.05) is 36.9 Å². The molecule has 2 N–H and O–H groups in total. The van der Waals surface area contributed by atoms with Crippen LogP contribution < -0.4 is 15.5 Å². The maximum Gasteiger partial charge on any atom is 0.251 e. The van der Waals surface area contributed by atoms with Gasteiger partial charge in [-0.1, -0.05) is 48.5 Å². The Morgan fingerprint density at radius 1 is 1.06 bits per heavy atom. The number of carbonyl (C=O) groups is 2. The minimum absolute atomic E-state index is 0.0303. The highest BCUT2D eigenvalue weighted by molar-refractivity contribution is 6.01. The first kappa shape index (κ1) is 23.4. The molecule has 3 aromatic rings. The van der Waals surface area contributed by atoms with Gasteiger partial charge in [0.1, 0.15) is 5.82 Å². The van der Waals surface area contributed by atoms with Crippen molar-refractivity contribution in [3.63, 3.8) is 0 Å². The highest BCUT2D eigenvalue weighted by atomic mass is 16.2. The summed E-state index contributed by atoms with van der Waals surface area (Å²) in [5, 5.41) is 6.10. The molecule has 2 heterocycles. The lowest BCUT2D eigenvalue weighted by molar-refractivity contribution is -0.117. The summed E-state index contributed by atoms with van der Waals surface area (Å²) < 4.78 is 0. The highest BCUT2D eigenvalue weighted by Gasteiger charge is 2.25. The maximum absolute atomic E-state index is 12.6. The zero-order valence-electron chi connectivity index (χ0n) is 19.5. The van der Waals surface area contributed by atoms with Crippen molar-refractivity contribution in [2.45, 2.75) is 25.9 Å². The summed E-state index contributed by atoms with van der Waals surface area (Å²) in [7, 11) is 2.08. The zero-order chi connectivity index (χ0) is 23.8. The number of amides is 2. The molecule has 0 bridgehead atoms. The first-order valence-electron chi connectivity index (χ1n) is 11.7. The molecule has 0 saturated carbocycles. The molecule has 0 unspecified atom stereocenters. The average molecular weight is 458 g/mol. The zero-order valence-corrected chi connectivity index (χ0v) is 19.5. The van der Waals surface area contributed by atoms with E-state index in [1.165, 1.54) is 0 Å². The van der Waals surface area contributed by atoms with E-state index in [4.69, 9.17) is 0 Å². The molecule has 2 amide bonds. The Hall–Kier alpha value is -3.71. The van der Waals surface area contributed by atoms with Gasteiger partial charge in [-0.05, 0) is 55.8 Å². The van der Waals surface area contributed by atoms with Crippen LogP contribution >= 0.6 is 0 Å². The first-order valence-corrected chi connectivity index (χ1v) is 11.7. The molecule has 1 aliphatic heterocycles. The Kier molecular flexibility index (Phi) is 7.88. The Balaban J connectivity index is 1.27. The number of hydrogen-bond donors (Lipinski definition) is 2. The van der Waals surface area contributed by atoms with E-state index in [0.29, 0.717) is 18.7 Å². The smallest absolute Gasteiger partial charge is 0.251 e. The molecule has 0 radical (unpaired) electrons. The van der Waals surface area contributed by atoms with Crippen molar-refractivity contribution in [1.29, 1.82) is 0 Å². The molecule has 0 fully saturated rings. The fraction of sp³-hybridized carbons (Fsp3) is 0.296. The lowest BCUT2D eigenvalue weighted by Crippen LogP contribution is -2.40. The van der Waals surface area contributed by atoms with Crippen molar-refractivity contribution in [2.24, 2.45) is 0 Å². The molecule has 0 saturated heterocycles. The van der Waals surface area contributed by atoms with Crippen LogP contribution in [0.25, 0.3) is 0 Å². The van der Waals surface area contributed by atoms with E-state index < -0.39 is 0 Å². The summed E-state index contributed by atoms with van der Waals surface area (Å²) in [6.45, 7) is 3.09. The summed E-state index contributed by atoms with van der Waals surface area (Å²) in [5.41, 5.74) is 3.67. The van der Waals surface area contributed by atoms with Crippen LogP contribution in [0, 0.1) is 0 Å². The SMILES string of the molecule is CN(CCCCNC(=O)c1ccccc1)Cc1cnc2c(c1)N(Cc1ccccc1)C(=O)CN2. The van der Waals surface area contributed by atoms with Gasteiger partial charge in [-0.25, -0.2) is 4.98 Å². The molecule has 0 atom stereocenters. The Labute approximate surface area is 200 Å². The third-order valence-corrected chi connectivity index (χ3v) is 5.85. The minimum atomic E-state index is -0.0303. The number of aromatic nitrogens is 1. The van der Waals surface area contributed by atoms with Crippen molar-refractivity contribution < 1.29 is 9.59 Å². The van der Waals surface area contributed by atoms with Crippen LogP contribution in [0.1, 0.15) is 34.3 Å². The number of nitrogens with one attached hydrogen (secondary N) is 2. The van der Waals surface area contributed by atoms with Crippen molar-refractivity contribution >= 4 is 23.3 Å². The second kappa shape index (κ2) is 11.4. The van der Waals surface area contributed by atoms with Gasteiger partial charge in [-0.2, -0.15) is 0 Å².